The summed E-state index contributed by atoms with van der Waals surface area (Å²) in [5.74, 6) is 0.876. The van der Waals surface area contributed by atoms with Crippen LogP contribution >= 0.6 is 0 Å². The van der Waals surface area contributed by atoms with Gasteiger partial charge in [0.2, 0.25) is 0 Å². The van der Waals surface area contributed by atoms with Crippen LogP contribution in [0.25, 0.3) is 0 Å². The zero-order valence-corrected chi connectivity index (χ0v) is 14.5. The van der Waals surface area contributed by atoms with Crippen molar-refractivity contribution in [3.05, 3.63) is 0 Å². The van der Waals surface area contributed by atoms with E-state index in [2.05, 4.69) is 23.6 Å². The standard InChI is InChI=1S/C18H34N2O2/c1-15-11-20(12-16(2)22-15)13-17-6-8-19(9-7-17)14-18-5-3-4-10-21-18/h15-18H,3-14H2,1-2H3/t15-,16-,18-/m1/s1. The van der Waals surface area contributed by atoms with Crippen LogP contribution < -0.4 is 0 Å². The zero-order chi connectivity index (χ0) is 15.4. The molecule has 3 aliphatic heterocycles. The van der Waals surface area contributed by atoms with Gasteiger partial charge >= 0.3 is 0 Å². The van der Waals surface area contributed by atoms with Crippen LogP contribution in [0.2, 0.25) is 0 Å². The molecule has 0 unspecified atom stereocenters. The Hall–Kier alpha value is -0.160. The Morgan fingerprint density at radius 3 is 2.23 bits per heavy atom. The molecule has 0 aromatic heterocycles. The smallest absolute Gasteiger partial charge is 0.0702 e. The van der Waals surface area contributed by atoms with Crippen molar-refractivity contribution in [2.24, 2.45) is 5.92 Å². The molecule has 0 aromatic carbocycles. The second-order valence-electron chi connectivity index (χ2n) is 7.71. The first-order valence-corrected chi connectivity index (χ1v) is 9.41. The van der Waals surface area contributed by atoms with Crippen molar-refractivity contribution in [3.63, 3.8) is 0 Å². The molecule has 3 saturated heterocycles. The number of rotatable bonds is 4. The third-order valence-electron chi connectivity index (χ3n) is 5.45. The van der Waals surface area contributed by atoms with Gasteiger partial charge in [-0.25, -0.2) is 0 Å². The Morgan fingerprint density at radius 2 is 1.59 bits per heavy atom. The van der Waals surface area contributed by atoms with Gasteiger partial charge in [0, 0.05) is 32.8 Å². The molecular weight excluding hydrogens is 276 g/mol. The minimum absolute atomic E-state index is 0.396. The van der Waals surface area contributed by atoms with Crippen molar-refractivity contribution >= 4 is 0 Å². The molecule has 0 aromatic rings. The van der Waals surface area contributed by atoms with Crippen LogP contribution in [0.15, 0.2) is 0 Å². The summed E-state index contributed by atoms with van der Waals surface area (Å²) in [6, 6.07) is 0. The molecule has 4 nitrogen and oxygen atoms in total. The molecule has 0 aliphatic carbocycles. The lowest BCUT2D eigenvalue weighted by Gasteiger charge is -2.40. The molecule has 0 spiro atoms. The van der Waals surface area contributed by atoms with E-state index in [1.54, 1.807) is 0 Å². The lowest BCUT2D eigenvalue weighted by molar-refractivity contribution is -0.0738. The van der Waals surface area contributed by atoms with E-state index in [1.807, 2.05) is 0 Å². The number of piperidine rings is 1. The number of hydrogen-bond donors (Lipinski definition) is 0. The maximum Gasteiger partial charge on any atom is 0.0702 e. The second-order valence-corrected chi connectivity index (χ2v) is 7.71. The van der Waals surface area contributed by atoms with E-state index in [4.69, 9.17) is 9.47 Å². The minimum atomic E-state index is 0.396. The fourth-order valence-electron chi connectivity index (χ4n) is 4.39. The van der Waals surface area contributed by atoms with Crippen molar-refractivity contribution in [2.45, 2.75) is 64.3 Å². The summed E-state index contributed by atoms with van der Waals surface area (Å²) in [4.78, 5) is 5.26. The van der Waals surface area contributed by atoms with Crippen LogP contribution in [0.4, 0.5) is 0 Å². The van der Waals surface area contributed by atoms with Gasteiger partial charge < -0.3 is 14.4 Å². The molecule has 4 heteroatoms. The van der Waals surface area contributed by atoms with E-state index in [9.17, 15) is 0 Å². The fraction of sp³-hybridized carbons (Fsp3) is 1.00. The zero-order valence-electron chi connectivity index (χ0n) is 14.5. The van der Waals surface area contributed by atoms with Crippen LogP contribution in [0, 0.1) is 5.92 Å². The predicted octanol–water partition coefficient (Wildman–Crippen LogP) is 2.38. The first kappa shape index (κ1) is 16.7. The van der Waals surface area contributed by atoms with Crippen molar-refractivity contribution in [2.75, 3.05) is 45.9 Å². The topological polar surface area (TPSA) is 24.9 Å². The van der Waals surface area contributed by atoms with E-state index >= 15 is 0 Å². The van der Waals surface area contributed by atoms with Gasteiger partial charge in [-0.3, -0.25) is 4.90 Å². The molecule has 0 saturated carbocycles. The summed E-state index contributed by atoms with van der Waals surface area (Å²) >= 11 is 0. The maximum atomic E-state index is 5.89. The largest absolute Gasteiger partial charge is 0.377 e. The van der Waals surface area contributed by atoms with Gasteiger partial charge in [-0.15, -0.1) is 0 Å². The van der Waals surface area contributed by atoms with E-state index in [1.165, 1.54) is 58.3 Å². The number of ether oxygens (including phenoxy) is 2. The summed E-state index contributed by atoms with van der Waals surface area (Å²) in [6.07, 6.45) is 7.89. The van der Waals surface area contributed by atoms with Gasteiger partial charge in [0.1, 0.15) is 0 Å². The number of morpholine rings is 1. The third kappa shape index (κ3) is 4.92. The monoisotopic (exact) mass is 310 g/mol. The van der Waals surface area contributed by atoms with Crippen LogP contribution in [0.5, 0.6) is 0 Å². The highest BCUT2D eigenvalue weighted by molar-refractivity contribution is 4.80. The molecule has 0 amide bonds. The normalized spacial score (nSPS) is 36.5. The highest BCUT2D eigenvalue weighted by atomic mass is 16.5. The molecule has 0 radical (unpaired) electrons. The van der Waals surface area contributed by atoms with Crippen molar-refractivity contribution in [1.29, 1.82) is 0 Å². The van der Waals surface area contributed by atoms with Crippen molar-refractivity contribution in [3.8, 4) is 0 Å². The Bertz CT molecular complexity index is 315. The van der Waals surface area contributed by atoms with E-state index in [0.29, 0.717) is 18.3 Å². The summed E-state index contributed by atoms with van der Waals surface area (Å²) in [5.41, 5.74) is 0. The van der Waals surface area contributed by atoms with Gasteiger partial charge in [-0.2, -0.15) is 0 Å². The molecule has 0 N–H and O–H groups in total. The first-order valence-electron chi connectivity index (χ1n) is 9.41. The minimum Gasteiger partial charge on any atom is -0.377 e. The van der Waals surface area contributed by atoms with Crippen molar-refractivity contribution < 1.29 is 9.47 Å². The summed E-state index contributed by atoms with van der Waals surface area (Å²) in [7, 11) is 0. The Morgan fingerprint density at radius 1 is 0.864 bits per heavy atom. The lowest BCUT2D eigenvalue weighted by atomic mass is 9.95. The van der Waals surface area contributed by atoms with Gasteiger partial charge in [0.05, 0.1) is 18.3 Å². The fourth-order valence-corrected chi connectivity index (χ4v) is 4.39. The predicted molar refractivity (Wildman–Crippen MR) is 89.2 cm³/mol. The molecule has 3 fully saturated rings. The van der Waals surface area contributed by atoms with Crippen LogP contribution in [-0.2, 0) is 9.47 Å². The summed E-state index contributed by atoms with van der Waals surface area (Å²) < 4.78 is 11.7. The van der Waals surface area contributed by atoms with Crippen LogP contribution in [0.1, 0.15) is 46.0 Å². The summed E-state index contributed by atoms with van der Waals surface area (Å²) in [6.45, 7) is 12.6. The quantitative estimate of drug-likeness (QED) is 0.796. The third-order valence-corrected chi connectivity index (χ3v) is 5.45. The highest BCUT2D eigenvalue weighted by Crippen LogP contribution is 2.22. The first-order chi connectivity index (χ1) is 10.7. The average molecular weight is 310 g/mol. The number of likely N-dealkylation sites (tertiary alicyclic amines) is 1. The van der Waals surface area contributed by atoms with E-state index < -0.39 is 0 Å². The Labute approximate surface area is 136 Å². The van der Waals surface area contributed by atoms with Crippen LogP contribution in [0.3, 0.4) is 0 Å². The Kier molecular flexibility index (Phi) is 6.14. The van der Waals surface area contributed by atoms with Crippen LogP contribution in [-0.4, -0.2) is 74.0 Å². The second kappa shape index (κ2) is 8.09. The molecule has 3 rings (SSSR count). The lowest BCUT2D eigenvalue weighted by Crippen LogP contribution is -2.48. The number of hydrogen-bond acceptors (Lipinski definition) is 4. The van der Waals surface area contributed by atoms with E-state index in [0.717, 1.165) is 25.6 Å². The highest BCUT2D eigenvalue weighted by Gasteiger charge is 2.27. The maximum absolute atomic E-state index is 5.89. The molecule has 128 valence electrons. The molecule has 22 heavy (non-hydrogen) atoms. The Balaban J connectivity index is 1.36. The van der Waals surface area contributed by atoms with Gasteiger partial charge in [0.25, 0.3) is 0 Å². The molecule has 3 atom stereocenters. The SMILES string of the molecule is C[C@@H]1CN(CC2CCN(C[C@H]3CCCCO3)CC2)C[C@@H](C)O1. The molecule has 0 bridgehead atoms. The van der Waals surface area contributed by atoms with Gasteiger partial charge in [0.15, 0.2) is 0 Å². The average Bonchev–Trinajstić information content (AvgIpc) is 2.49. The molecular formula is C18H34N2O2. The van der Waals surface area contributed by atoms with Gasteiger partial charge in [-0.05, 0) is 65.0 Å². The molecule has 3 heterocycles. The summed E-state index contributed by atoms with van der Waals surface area (Å²) in [5, 5.41) is 0. The van der Waals surface area contributed by atoms with E-state index in [-0.39, 0.29) is 0 Å². The van der Waals surface area contributed by atoms with Gasteiger partial charge in [-0.1, -0.05) is 0 Å². The molecule has 3 aliphatic rings. The van der Waals surface area contributed by atoms with Crippen molar-refractivity contribution in [1.82, 2.24) is 9.80 Å². The number of nitrogens with zero attached hydrogens (tertiary/aromatic N) is 2.